The SMILES string of the molecule is CCCCCCCCCCCCCCCCCC(=O)NCCS(=O)(=O)OC.[KH]. The zero-order valence-corrected chi connectivity index (χ0v) is 18.6. The van der Waals surface area contributed by atoms with Crippen LogP contribution in [0.1, 0.15) is 110 Å². The van der Waals surface area contributed by atoms with E-state index in [1.165, 1.54) is 83.5 Å². The van der Waals surface area contributed by atoms with Crippen molar-refractivity contribution in [2.45, 2.75) is 110 Å². The Morgan fingerprint density at radius 3 is 1.54 bits per heavy atom. The van der Waals surface area contributed by atoms with Crippen LogP contribution >= 0.6 is 0 Å². The molecule has 0 aliphatic rings. The number of unbranched alkanes of at least 4 members (excludes halogenated alkanes) is 14. The third-order valence-electron chi connectivity index (χ3n) is 4.94. The molecule has 0 saturated carbocycles. The zero-order valence-electron chi connectivity index (χ0n) is 17.8. The van der Waals surface area contributed by atoms with Gasteiger partial charge >= 0.3 is 51.4 Å². The van der Waals surface area contributed by atoms with Crippen LogP contribution in [-0.2, 0) is 19.1 Å². The standard InChI is InChI=1S/C21H43NO4S.K.H/c1-3-4-5-6-7-8-9-10-11-12-13-14-15-16-17-18-21(23)22-19-20-27(24,25)26-2;;/h3-20H2,1-2H3,(H,22,23);;. The quantitative estimate of drug-likeness (QED) is 0.168. The Bertz CT molecular complexity index is 444. The summed E-state index contributed by atoms with van der Waals surface area (Å²) in [5, 5.41) is 2.62. The van der Waals surface area contributed by atoms with Gasteiger partial charge in [0, 0.05) is 13.0 Å². The van der Waals surface area contributed by atoms with Gasteiger partial charge in [0.25, 0.3) is 10.1 Å². The maximum absolute atomic E-state index is 11.6. The first kappa shape index (κ1) is 31.2. The average molecular weight is 446 g/mol. The Hall–Kier alpha value is 1.02. The summed E-state index contributed by atoms with van der Waals surface area (Å²) in [5.41, 5.74) is 0. The van der Waals surface area contributed by atoms with Crippen molar-refractivity contribution in [3.8, 4) is 0 Å². The molecule has 5 nitrogen and oxygen atoms in total. The van der Waals surface area contributed by atoms with Gasteiger partial charge in [0.2, 0.25) is 5.91 Å². The van der Waals surface area contributed by atoms with Crippen LogP contribution in [0.2, 0.25) is 0 Å². The van der Waals surface area contributed by atoms with Crippen LogP contribution in [0.4, 0.5) is 0 Å². The molecule has 0 aromatic heterocycles. The van der Waals surface area contributed by atoms with Gasteiger partial charge in [0.1, 0.15) is 0 Å². The second-order valence-corrected chi connectivity index (χ2v) is 9.34. The number of hydrogen-bond acceptors (Lipinski definition) is 4. The molecule has 0 aliphatic heterocycles. The molecule has 0 saturated heterocycles. The van der Waals surface area contributed by atoms with E-state index < -0.39 is 10.1 Å². The van der Waals surface area contributed by atoms with Crippen molar-refractivity contribution in [1.82, 2.24) is 5.32 Å². The second kappa shape index (κ2) is 22.7. The van der Waals surface area contributed by atoms with E-state index in [0.717, 1.165) is 20.0 Å². The topological polar surface area (TPSA) is 72.5 Å². The first-order valence-corrected chi connectivity index (χ1v) is 12.6. The van der Waals surface area contributed by atoms with Crippen molar-refractivity contribution in [2.75, 3.05) is 19.4 Å². The molecular weight excluding hydrogens is 401 g/mol. The Morgan fingerprint density at radius 2 is 1.14 bits per heavy atom. The van der Waals surface area contributed by atoms with Gasteiger partial charge in [-0.05, 0) is 6.42 Å². The van der Waals surface area contributed by atoms with Crippen molar-refractivity contribution in [2.24, 2.45) is 0 Å². The van der Waals surface area contributed by atoms with Gasteiger partial charge in [0.15, 0.2) is 0 Å². The van der Waals surface area contributed by atoms with E-state index in [-0.39, 0.29) is 69.6 Å². The molecule has 1 N–H and O–H groups in total. The summed E-state index contributed by atoms with van der Waals surface area (Å²) < 4.78 is 26.6. The fraction of sp³-hybridized carbons (Fsp3) is 0.952. The van der Waals surface area contributed by atoms with Crippen LogP contribution in [0, 0.1) is 0 Å². The van der Waals surface area contributed by atoms with Crippen molar-refractivity contribution in [3.63, 3.8) is 0 Å². The van der Waals surface area contributed by atoms with Crippen LogP contribution in [0.15, 0.2) is 0 Å². The Balaban J connectivity index is 0. The first-order valence-electron chi connectivity index (χ1n) is 11.1. The second-order valence-electron chi connectivity index (χ2n) is 7.48. The summed E-state index contributed by atoms with van der Waals surface area (Å²) in [6, 6.07) is 0. The predicted octanol–water partition coefficient (Wildman–Crippen LogP) is 4.69. The summed E-state index contributed by atoms with van der Waals surface area (Å²) in [7, 11) is -2.35. The Labute approximate surface area is 217 Å². The van der Waals surface area contributed by atoms with Gasteiger partial charge in [-0.1, -0.05) is 96.8 Å². The van der Waals surface area contributed by atoms with Crippen molar-refractivity contribution in [1.29, 1.82) is 0 Å². The van der Waals surface area contributed by atoms with Crippen molar-refractivity contribution < 1.29 is 17.4 Å². The van der Waals surface area contributed by atoms with Gasteiger partial charge < -0.3 is 5.32 Å². The fourth-order valence-electron chi connectivity index (χ4n) is 3.14. The van der Waals surface area contributed by atoms with Crippen LogP contribution in [0.25, 0.3) is 0 Å². The van der Waals surface area contributed by atoms with Crippen LogP contribution in [0.3, 0.4) is 0 Å². The molecular formula is C21H44KNO4S. The fourth-order valence-corrected chi connectivity index (χ4v) is 3.66. The number of nitrogens with one attached hydrogen (secondary N) is 1. The Kier molecular flexibility index (Phi) is 25.3. The summed E-state index contributed by atoms with van der Waals surface area (Å²) in [6.45, 7) is 2.38. The molecule has 0 aromatic rings. The molecule has 0 heterocycles. The van der Waals surface area contributed by atoms with Gasteiger partial charge in [-0.3, -0.25) is 8.98 Å². The van der Waals surface area contributed by atoms with Crippen LogP contribution < -0.4 is 5.32 Å². The van der Waals surface area contributed by atoms with E-state index in [0.29, 0.717) is 6.42 Å². The summed E-state index contributed by atoms with van der Waals surface area (Å²) in [4.78, 5) is 11.6. The van der Waals surface area contributed by atoms with Crippen LogP contribution in [0.5, 0.6) is 0 Å². The van der Waals surface area contributed by atoms with E-state index in [1.54, 1.807) is 0 Å². The number of amides is 1. The van der Waals surface area contributed by atoms with Gasteiger partial charge in [0.05, 0.1) is 12.9 Å². The predicted molar refractivity (Wildman–Crippen MR) is 121 cm³/mol. The van der Waals surface area contributed by atoms with Gasteiger partial charge in [-0.15, -0.1) is 0 Å². The summed E-state index contributed by atoms with van der Waals surface area (Å²) in [5.74, 6) is -0.246. The minimum absolute atomic E-state index is 0. The molecule has 0 aromatic carbocycles. The van der Waals surface area contributed by atoms with Crippen LogP contribution in [-0.4, -0.2) is 85.1 Å². The van der Waals surface area contributed by atoms with E-state index in [2.05, 4.69) is 16.4 Å². The Morgan fingerprint density at radius 1 is 0.750 bits per heavy atom. The molecule has 0 fully saturated rings. The molecule has 0 bridgehead atoms. The molecule has 28 heavy (non-hydrogen) atoms. The summed E-state index contributed by atoms with van der Waals surface area (Å²) >= 11 is 0. The van der Waals surface area contributed by atoms with E-state index in [9.17, 15) is 13.2 Å². The van der Waals surface area contributed by atoms with E-state index in [1.807, 2.05) is 0 Å². The molecule has 0 unspecified atom stereocenters. The number of carbonyl (C=O) groups excluding carboxylic acids is 1. The minimum atomic E-state index is -3.48. The molecule has 0 rings (SSSR count). The van der Waals surface area contributed by atoms with Gasteiger partial charge in [-0.25, -0.2) is 0 Å². The maximum atomic E-state index is 11.6. The van der Waals surface area contributed by atoms with Gasteiger partial charge in [-0.2, -0.15) is 8.42 Å². The molecule has 0 radical (unpaired) electrons. The number of hydrogen-bond donors (Lipinski definition) is 1. The molecule has 7 heteroatoms. The third-order valence-corrected chi connectivity index (χ3v) is 6.15. The number of rotatable bonds is 20. The van der Waals surface area contributed by atoms with E-state index >= 15 is 0 Å². The average Bonchev–Trinajstić information content (AvgIpc) is 2.64. The summed E-state index contributed by atoms with van der Waals surface area (Å²) in [6.07, 6.45) is 20.0. The van der Waals surface area contributed by atoms with Crippen molar-refractivity contribution in [3.05, 3.63) is 0 Å². The molecule has 0 spiro atoms. The molecule has 1 amide bonds. The van der Waals surface area contributed by atoms with Crippen molar-refractivity contribution >= 4 is 67.4 Å². The third kappa shape index (κ3) is 23.3. The monoisotopic (exact) mass is 445 g/mol. The zero-order chi connectivity index (χ0) is 20.2. The molecule has 0 atom stereocenters. The normalized spacial score (nSPS) is 11.2. The molecule has 0 aliphatic carbocycles. The number of carbonyl (C=O) groups is 1. The van der Waals surface area contributed by atoms with E-state index in [4.69, 9.17) is 0 Å². The molecule has 164 valence electrons. The first-order chi connectivity index (χ1) is 13.0.